The number of aromatic nitrogens is 3. The normalized spacial score (nSPS) is 9.65. The van der Waals surface area contributed by atoms with E-state index in [2.05, 4.69) is 21.3 Å². The third-order valence-electron chi connectivity index (χ3n) is 1.94. The van der Waals surface area contributed by atoms with Crippen LogP contribution in [0.4, 0.5) is 0 Å². The Balaban J connectivity index is 2.11. The Kier molecular flexibility index (Phi) is 3.48. The van der Waals surface area contributed by atoms with Crippen LogP contribution in [0.1, 0.15) is 5.56 Å². The maximum Gasteiger partial charge on any atom is 0.246 e. The Morgan fingerprint density at radius 2 is 2.06 bits per heavy atom. The van der Waals surface area contributed by atoms with Gasteiger partial charge in [0.25, 0.3) is 0 Å². The molecule has 0 aliphatic carbocycles. The quantitative estimate of drug-likeness (QED) is 0.831. The van der Waals surface area contributed by atoms with Crippen molar-refractivity contribution in [2.75, 3.05) is 0 Å². The first-order valence-electron chi connectivity index (χ1n) is 4.77. The molecule has 0 spiro atoms. The highest BCUT2D eigenvalue weighted by Crippen LogP contribution is 2.19. The third kappa shape index (κ3) is 3.13. The number of halogens is 1. The Hall–Kier alpha value is -2.19. The molecule has 0 aliphatic heterocycles. The van der Waals surface area contributed by atoms with Crippen molar-refractivity contribution in [1.82, 2.24) is 15.2 Å². The molecule has 0 atom stereocenters. The van der Waals surface area contributed by atoms with E-state index in [-0.39, 0.29) is 11.2 Å². The van der Waals surface area contributed by atoms with Crippen LogP contribution in [-0.4, -0.2) is 15.2 Å². The maximum atomic E-state index is 8.53. The van der Waals surface area contributed by atoms with E-state index >= 15 is 0 Å². The summed E-state index contributed by atoms with van der Waals surface area (Å²) >= 11 is 5.58. The summed E-state index contributed by atoms with van der Waals surface area (Å²) in [6.45, 7) is 0. The number of nitriles is 1. The van der Waals surface area contributed by atoms with Gasteiger partial charge in [0.15, 0.2) is 0 Å². The summed E-state index contributed by atoms with van der Waals surface area (Å²) in [6, 6.07) is 9.21. The minimum atomic E-state index is 0.0311. The molecule has 84 valence electrons. The summed E-state index contributed by atoms with van der Waals surface area (Å²) in [5, 5.41) is 15.7. The number of benzene rings is 1. The predicted molar refractivity (Wildman–Crippen MR) is 60.7 cm³/mol. The largest absolute Gasteiger partial charge is 0.437 e. The van der Waals surface area contributed by atoms with E-state index in [1.165, 1.54) is 6.20 Å². The summed E-state index contributed by atoms with van der Waals surface area (Å²) in [5.41, 5.74) is 0.929. The van der Waals surface area contributed by atoms with Crippen LogP contribution >= 0.6 is 11.6 Å². The first-order chi connectivity index (χ1) is 8.28. The lowest BCUT2D eigenvalue weighted by Gasteiger charge is -2.04. The monoisotopic (exact) mass is 246 g/mol. The van der Waals surface area contributed by atoms with Crippen molar-refractivity contribution in [3.05, 3.63) is 41.3 Å². The Morgan fingerprint density at radius 3 is 2.71 bits per heavy atom. The van der Waals surface area contributed by atoms with Crippen LogP contribution in [0, 0.1) is 11.3 Å². The van der Waals surface area contributed by atoms with Gasteiger partial charge in [-0.25, -0.2) is 0 Å². The molecule has 17 heavy (non-hydrogen) atoms. The molecule has 0 saturated carbocycles. The van der Waals surface area contributed by atoms with Crippen LogP contribution in [0.25, 0.3) is 0 Å². The highest BCUT2D eigenvalue weighted by Gasteiger charge is 2.01. The Labute approximate surface area is 103 Å². The average Bonchev–Trinajstić information content (AvgIpc) is 2.32. The number of nitrogens with zero attached hydrogens (tertiary/aromatic N) is 4. The highest BCUT2D eigenvalue weighted by atomic mass is 35.5. The first-order valence-corrected chi connectivity index (χ1v) is 5.14. The van der Waals surface area contributed by atoms with Gasteiger partial charge < -0.3 is 4.74 Å². The molecule has 2 aromatic rings. The molecule has 0 unspecified atom stereocenters. The lowest BCUT2D eigenvalue weighted by molar-refractivity contribution is 0.457. The zero-order valence-electron chi connectivity index (χ0n) is 8.67. The minimum absolute atomic E-state index is 0.0311. The summed E-state index contributed by atoms with van der Waals surface area (Å²) in [6.07, 6.45) is 1.75. The van der Waals surface area contributed by atoms with Crippen molar-refractivity contribution in [3.63, 3.8) is 0 Å². The lowest BCUT2D eigenvalue weighted by Crippen LogP contribution is -1.92. The van der Waals surface area contributed by atoms with Gasteiger partial charge in [-0.3, -0.25) is 0 Å². The molecular formula is C11H7ClN4O. The second-order valence-electron chi connectivity index (χ2n) is 3.14. The molecule has 1 heterocycles. The topological polar surface area (TPSA) is 71.7 Å². The van der Waals surface area contributed by atoms with Crippen molar-refractivity contribution >= 4 is 11.6 Å². The molecule has 5 nitrogen and oxygen atoms in total. The third-order valence-corrected chi connectivity index (χ3v) is 2.10. The van der Waals surface area contributed by atoms with Crippen LogP contribution in [0.2, 0.25) is 5.28 Å². The lowest BCUT2D eigenvalue weighted by atomic mass is 10.2. The molecule has 0 saturated heterocycles. The van der Waals surface area contributed by atoms with E-state index < -0.39 is 0 Å². The second kappa shape index (κ2) is 5.23. The van der Waals surface area contributed by atoms with Gasteiger partial charge in [-0.1, -0.05) is 12.1 Å². The average molecular weight is 247 g/mol. The number of hydrogen-bond donors (Lipinski definition) is 0. The van der Waals surface area contributed by atoms with E-state index in [0.717, 1.165) is 5.56 Å². The molecule has 6 heteroatoms. The summed E-state index contributed by atoms with van der Waals surface area (Å²) in [4.78, 5) is 3.84. The molecular weight excluding hydrogens is 240 g/mol. The molecule has 0 fully saturated rings. The van der Waals surface area contributed by atoms with E-state index in [9.17, 15) is 0 Å². The van der Waals surface area contributed by atoms with Gasteiger partial charge in [-0.05, 0) is 29.3 Å². The van der Waals surface area contributed by atoms with E-state index in [1.54, 1.807) is 12.1 Å². The van der Waals surface area contributed by atoms with Crippen molar-refractivity contribution < 1.29 is 4.74 Å². The first kappa shape index (κ1) is 11.3. The Bertz CT molecular complexity index is 550. The molecule has 0 bridgehead atoms. The maximum absolute atomic E-state index is 8.53. The van der Waals surface area contributed by atoms with E-state index in [0.29, 0.717) is 12.2 Å². The van der Waals surface area contributed by atoms with E-state index in [1.807, 2.05) is 12.1 Å². The van der Waals surface area contributed by atoms with Gasteiger partial charge in [0.2, 0.25) is 11.2 Å². The zero-order valence-corrected chi connectivity index (χ0v) is 9.42. The van der Waals surface area contributed by atoms with Gasteiger partial charge >= 0.3 is 0 Å². The molecule has 0 amide bonds. The minimum Gasteiger partial charge on any atom is -0.437 e. The fourth-order valence-corrected chi connectivity index (χ4v) is 1.33. The molecule has 1 aromatic carbocycles. The fourth-order valence-electron chi connectivity index (χ4n) is 1.20. The zero-order chi connectivity index (χ0) is 12.1. The van der Waals surface area contributed by atoms with Gasteiger partial charge in [0.1, 0.15) is 11.9 Å². The van der Waals surface area contributed by atoms with E-state index in [4.69, 9.17) is 21.6 Å². The smallest absolute Gasteiger partial charge is 0.246 e. The molecule has 0 aliphatic rings. The van der Waals surface area contributed by atoms with Crippen LogP contribution < -0.4 is 4.74 Å². The van der Waals surface area contributed by atoms with Crippen molar-refractivity contribution in [2.45, 2.75) is 6.42 Å². The van der Waals surface area contributed by atoms with Crippen LogP contribution in [0.15, 0.2) is 30.5 Å². The summed E-state index contributed by atoms with van der Waals surface area (Å²) in [7, 11) is 0. The molecule has 2 rings (SSSR count). The molecule has 0 N–H and O–H groups in total. The summed E-state index contributed by atoms with van der Waals surface area (Å²) in [5.74, 6) is 0.876. The highest BCUT2D eigenvalue weighted by molar-refractivity contribution is 6.28. The van der Waals surface area contributed by atoms with Crippen LogP contribution in [-0.2, 0) is 6.42 Å². The summed E-state index contributed by atoms with van der Waals surface area (Å²) < 4.78 is 5.41. The predicted octanol–water partition coefficient (Wildman–Crippen LogP) is 2.38. The second-order valence-corrected chi connectivity index (χ2v) is 3.48. The van der Waals surface area contributed by atoms with Gasteiger partial charge in [0.05, 0.1) is 12.5 Å². The van der Waals surface area contributed by atoms with Crippen molar-refractivity contribution in [3.8, 4) is 17.7 Å². The van der Waals surface area contributed by atoms with Gasteiger partial charge in [-0.15, -0.1) is 5.10 Å². The Morgan fingerprint density at radius 1 is 1.29 bits per heavy atom. The molecule has 1 aromatic heterocycles. The van der Waals surface area contributed by atoms with Gasteiger partial charge in [-0.2, -0.15) is 15.3 Å². The van der Waals surface area contributed by atoms with Crippen molar-refractivity contribution in [1.29, 1.82) is 5.26 Å². The number of ether oxygens (including phenoxy) is 1. The van der Waals surface area contributed by atoms with Crippen LogP contribution in [0.3, 0.4) is 0 Å². The number of rotatable bonds is 3. The van der Waals surface area contributed by atoms with Gasteiger partial charge in [0, 0.05) is 0 Å². The van der Waals surface area contributed by atoms with Crippen molar-refractivity contribution in [2.24, 2.45) is 0 Å². The van der Waals surface area contributed by atoms with Crippen LogP contribution in [0.5, 0.6) is 11.6 Å². The molecule has 0 radical (unpaired) electrons. The number of hydrogen-bond acceptors (Lipinski definition) is 5. The standard InChI is InChI=1S/C11H7ClN4O/c12-11-15-10(7-14-16-11)17-9-3-1-8(2-4-9)5-6-13/h1-4,7H,5H2. The fraction of sp³-hybridized carbons (Fsp3) is 0.0909. The SMILES string of the molecule is N#CCc1ccc(Oc2cnnc(Cl)n2)cc1.